The van der Waals surface area contributed by atoms with Crippen LogP contribution in [0.25, 0.3) is 11.1 Å². The molecule has 1 aliphatic heterocycles. The van der Waals surface area contributed by atoms with Crippen LogP contribution >= 0.6 is 0 Å². The normalized spacial score (nSPS) is 15.4. The van der Waals surface area contributed by atoms with Crippen molar-refractivity contribution in [3.05, 3.63) is 66.2 Å². The summed E-state index contributed by atoms with van der Waals surface area (Å²) in [6, 6.07) is 9.87. The zero-order chi connectivity index (χ0) is 18.1. The van der Waals surface area contributed by atoms with Gasteiger partial charge in [0.25, 0.3) is 5.91 Å². The Morgan fingerprint density at radius 1 is 1.27 bits per heavy atom. The number of ether oxygens (including phenoxy) is 1. The van der Waals surface area contributed by atoms with Crippen molar-refractivity contribution >= 4 is 5.91 Å². The van der Waals surface area contributed by atoms with Gasteiger partial charge in [0.1, 0.15) is 11.9 Å². The smallest absolute Gasteiger partial charge is 0.255 e. The second-order valence-corrected chi connectivity index (χ2v) is 6.60. The molecular formula is C20H20N4O2. The number of carbonyl (C=O) groups excluding carboxylic acids is 1. The molecule has 0 saturated heterocycles. The van der Waals surface area contributed by atoms with E-state index in [-0.39, 0.29) is 12.0 Å². The van der Waals surface area contributed by atoms with Gasteiger partial charge in [-0.15, -0.1) is 0 Å². The zero-order valence-corrected chi connectivity index (χ0v) is 14.8. The Balaban J connectivity index is 1.46. The first-order chi connectivity index (χ1) is 12.6. The quantitative estimate of drug-likeness (QED) is 0.727. The number of hydrogen-bond donors (Lipinski definition) is 0. The molecule has 3 heterocycles. The molecule has 0 saturated carbocycles. The van der Waals surface area contributed by atoms with Gasteiger partial charge in [-0.3, -0.25) is 14.5 Å². The van der Waals surface area contributed by atoms with Gasteiger partial charge in [0, 0.05) is 50.2 Å². The lowest BCUT2D eigenvalue weighted by atomic mass is 10.1. The van der Waals surface area contributed by atoms with Crippen LogP contribution in [0.15, 0.2) is 55.1 Å². The number of carbonyl (C=O) groups is 1. The molecule has 1 amide bonds. The van der Waals surface area contributed by atoms with Crippen LogP contribution in [0.4, 0.5) is 0 Å². The first-order valence-corrected chi connectivity index (χ1v) is 8.54. The predicted molar refractivity (Wildman–Crippen MR) is 98.0 cm³/mol. The first-order valence-electron chi connectivity index (χ1n) is 8.54. The van der Waals surface area contributed by atoms with Gasteiger partial charge in [0.2, 0.25) is 0 Å². The SMILES string of the molecule is CN(C[C@@H]1Cc2ccccc2O1)C(=O)c1cncc(-c2cnn(C)c2)c1. The standard InChI is InChI=1S/C20H20N4O2/c1-23(13-18-8-14-5-3-4-6-19(14)26-18)20(25)16-7-15(9-21-10-16)17-11-22-24(2)12-17/h3-7,9-12,18H,8,13H2,1-2H3/t18-/m0/s1. The molecule has 0 N–H and O–H groups in total. The Morgan fingerprint density at radius 3 is 2.88 bits per heavy atom. The van der Waals surface area contributed by atoms with E-state index in [4.69, 9.17) is 4.74 Å². The molecule has 0 radical (unpaired) electrons. The number of rotatable bonds is 4. The Morgan fingerprint density at radius 2 is 2.12 bits per heavy atom. The van der Waals surface area contributed by atoms with E-state index in [1.54, 1.807) is 35.2 Å². The van der Waals surface area contributed by atoms with E-state index in [2.05, 4.69) is 16.1 Å². The van der Waals surface area contributed by atoms with Crippen molar-refractivity contribution in [2.45, 2.75) is 12.5 Å². The number of aromatic nitrogens is 3. The zero-order valence-electron chi connectivity index (χ0n) is 14.8. The summed E-state index contributed by atoms with van der Waals surface area (Å²) in [5, 5.41) is 4.17. The molecule has 0 spiro atoms. The highest BCUT2D eigenvalue weighted by atomic mass is 16.5. The third-order valence-corrected chi connectivity index (χ3v) is 4.56. The monoisotopic (exact) mass is 348 g/mol. The first kappa shape index (κ1) is 16.3. The largest absolute Gasteiger partial charge is 0.488 e. The molecule has 1 aliphatic rings. The van der Waals surface area contributed by atoms with Gasteiger partial charge in [-0.25, -0.2) is 0 Å². The molecular weight excluding hydrogens is 328 g/mol. The highest BCUT2D eigenvalue weighted by molar-refractivity contribution is 5.94. The van der Waals surface area contributed by atoms with E-state index in [0.29, 0.717) is 12.1 Å². The maximum Gasteiger partial charge on any atom is 0.255 e. The second kappa shape index (κ2) is 6.63. The van der Waals surface area contributed by atoms with Gasteiger partial charge < -0.3 is 9.64 Å². The van der Waals surface area contributed by atoms with Crippen molar-refractivity contribution in [3.63, 3.8) is 0 Å². The number of likely N-dealkylation sites (N-methyl/N-ethyl adjacent to an activating group) is 1. The molecule has 0 unspecified atom stereocenters. The van der Waals surface area contributed by atoms with Crippen molar-refractivity contribution < 1.29 is 9.53 Å². The minimum atomic E-state index is -0.0669. The summed E-state index contributed by atoms with van der Waals surface area (Å²) in [6.45, 7) is 0.532. The van der Waals surface area contributed by atoms with E-state index in [9.17, 15) is 4.79 Å². The van der Waals surface area contributed by atoms with Crippen LogP contribution in [0.1, 0.15) is 15.9 Å². The number of hydrogen-bond acceptors (Lipinski definition) is 4. The van der Waals surface area contributed by atoms with Crippen LogP contribution in [0.5, 0.6) is 5.75 Å². The van der Waals surface area contributed by atoms with Crippen LogP contribution in [-0.4, -0.2) is 45.3 Å². The Kier molecular flexibility index (Phi) is 4.16. The Hall–Kier alpha value is -3.15. The Bertz CT molecular complexity index is 925. The van der Waals surface area contributed by atoms with Gasteiger partial charge in [0.05, 0.1) is 18.3 Å². The highest BCUT2D eigenvalue weighted by Crippen LogP contribution is 2.28. The van der Waals surface area contributed by atoms with Gasteiger partial charge in [-0.2, -0.15) is 5.10 Å². The molecule has 3 aromatic rings. The number of para-hydroxylation sites is 1. The summed E-state index contributed by atoms with van der Waals surface area (Å²) < 4.78 is 7.67. The maximum atomic E-state index is 12.8. The summed E-state index contributed by atoms with van der Waals surface area (Å²) in [4.78, 5) is 18.7. The van der Waals surface area contributed by atoms with Crippen molar-refractivity contribution in [2.24, 2.45) is 7.05 Å². The molecule has 4 rings (SSSR count). The van der Waals surface area contributed by atoms with Crippen molar-refractivity contribution in [1.29, 1.82) is 0 Å². The van der Waals surface area contributed by atoms with E-state index < -0.39 is 0 Å². The van der Waals surface area contributed by atoms with Crippen LogP contribution in [-0.2, 0) is 13.5 Å². The van der Waals surface area contributed by atoms with E-state index in [1.165, 1.54) is 5.56 Å². The average Bonchev–Trinajstić information content (AvgIpc) is 3.26. The molecule has 2 aromatic heterocycles. The lowest BCUT2D eigenvalue weighted by Gasteiger charge is -2.21. The topological polar surface area (TPSA) is 60.2 Å². The number of aryl methyl sites for hydroxylation is 1. The number of amides is 1. The maximum absolute atomic E-state index is 12.8. The minimum Gasteiger partial charge on any atom is -0.488 e. The molecule has 6 heteroatoms. The van der Waals surface area contributed by atoms with E-state index in [0.717, 1.165) is 23.3 Å². The van der Waals surface area contributed by atoms with Gasteiger partial charge in [0.15, 0.2) is 0 Å². The fraction of sp³-hybridized carbons (Fsp3) is 0.250. The van der Waals surface area contributed by atoms with Crippen LogP contribution in [0.3, 0.4) is 0 Å². The summed E-state index contributed by atoms with van der Waals surface area (Å²) in [6.07, 6.45) is 7.81. The molecule has 132 valence electrons. The van der Waals surface area contributed by atoms with E-state index >= 15 is 0 Å². The molecule has 1 aromatic carbocycles. The second-order valence-electron chi connectivity index (χ2n) is 6.60. The highest BCUT2D eigenvalue weighted by Gasteiger charge is 2.25. The van der Waals surface area contributed by atoms with Crippen molar-refractivity contribution in [2.75, 3.05) is 13.6 Å². The third kappa shape index (κ3) is 3.18. The van der Waals surface area contributed by atoms with Crippen molar-refractivity contribution in [1.82, 2.24) is 19.7 Å². The summed E-state index contributed by atoms with van der Waals surface area (Å²) in [5.41, 5.74) is 3.57. The number of pyridine rings is 1. The van der Waals surface area contributed by atoms with Gasteiger partial charge in [-0.1, -0.05) is 18.2 Å². The number of fused-ring (bicyclic) bond motifs is 1. The van der Waals surface area contributed by atoms with Crippen LogP contribution < -0.4 is 4.74 Å². The number of benzene rings is 1. The lowest BCUT2D eigenvalue weighted by molar-refractivity contribution is 0.0730. The van der Waals surface area contributed by atoms with Crippen LogP contribution in [0, 0.1) is 0 Å². The fourth-order valence-corrected chi connectivity index (χ4v) is 3.25. The van der Waals surface area contributed by atoms with E-state index in [1.807, 2.05) is 37.5 Å². The Labute approximate surface area is 152 Å². The average molecular weight is 348 g/mol. The summed E-state index contributed by atoms with van der Waals surface area (Å²) >= 11 is 0. The summed E-state index contributed by atoms with van der Waals surface area (Å²) in [5.74, 6) is 0.849. The third-order valence-electron chi connectivity index (χ3n) is 4.56. The minimum absolute atomic E-state index is 0.0178. The molecule has 0 fully saturated rings. The fourth-order valence-electron chi connectivity index (χ4n) is 3.25. The summed E-state index contributed by atoms with van der Waals surface area (Å²) in [7, 11) is 3.66. The van der Waals surface area contributed by atoms with Gasteiger partial charge >= 0.3 is 0 Å². The molecule has 1 atom stereocenters. The molecule has 6 nitrogen and oxygen atoms in total. The van der Waals surface area contributed by atoms with Crippen molar-refractivity contribution in [3.8, 4) is 16.9 Å². The predicted octanol–water partition coefficient (Wildman–Crippen LogP) is 2.56. The number of nitrogens with zero attached hydrogens (tertiary/aromatic N) is 4. The lowest BCUT2D eigenvalue weighted by Crippen LogP contribution is -2.36. The van der Waals surface area contributed by atoms with Crippen LogP contribution in [0.2, 0.25) is 0 Å². The molecule has 0 bridgehead atoms. The molecule has 0 aliphatic carbocycles. The molecule has 26 heavy (non-hydrogen) atoms. The van der Waals surface area contributed by atoms with Gasteiger partial charge in [-0.05, 0) is 17.7 Å².